The monoisotopic (exact) mass is 622 g/mol. The fraction of sp³-hybridized carbons (Fsp3) is 0.703. The number of carbonyl (C=O) groups excluding carboxylic acids is 2. The zero-order chi connectivity index (χ0) is 31.1. The summed E-state index contributed by atoms with van der Waals surface area (Å²) in [7, 11) is 0. The maximum Gasteiger partial charge on any atom is 0.311 e. The van der Waals surface area contributed by atoms with E-state index < -0.39 is 0 Å². The normalized spacial score (nSPS) is 27.3. The number of esters is 1. The van der Waals surface area contributed by atoms with Gasteiger partial charge in [-0.3, -0.25) is 9.59 Å². The zero-order valence-electron chi connectivity index (χ0n) is 27.2. The van der Waals surface area contributed by atoms with Crippen LogP contribution in [-0.4, -0.2) is 28.1 Å². The molecule has 0 saturated heterocycles. The molecule has 3 unspecified atom stereocenters. The quantitative estimate of drug-likeness (QED) is 0.117. The van der Waals surface area contributed by atoms with Gasteiger partial charge >= 0.3 is 5.97 Å². The van der Waals surface area contributed by atoms with Gasteiger partial charge < -0.3 is 15.2 Å². The molecule has 6 nitrogen and oxygen atoms in total. The van der Waals surface area contributed by atoms with Crippen LogP contribution in [-0.2, 0) is 16.0 Å². The molecule has 6 atom stereocenters. The standard InChI is InChI=1S/C37H54N2O4S/c1-4-5-6-7-8-9-10-11-12-13-34(42)43-28-16-18-29-26(22-28)14-17-31-30(29)20-21-37(3)32(40)23-27(35(31)37)15-19-33(41)39-36-38-24-25(2)44-36/h16,18,22,24,27,30-32,35,40H,4-15,17,19-21,23H2,1-3H3,(H,38,39,41)/t27-,30?,31?,32+,35?,37-/m1/s1. The van der Waals surface area contributed by atoms with Gasteiger partial charge in [0, 0.05) is 23.9 Å². The Morgan fingerprint density at radius 2 is 1.82 bits per heavy atom. The van der Waals surface area contributed by atoms with Crippen LogP contribution in [0.3, 0.4) is 0 Å². The number of aromatic nitrogens is 1. The molecular weight excluding hydrogens is 568 g/mol. The van der Waals surface area contributed by atoms with Gasteiger partial charge in [-0.25, -0.2) is 4.98 Å². The van der Waals surface area contributed by atoms with Gasteiger partial charge in [0.05, 0.1) is 6.10 Å². The number of aliphatic hydroxyl groups is 1. The second-order valence-electron chi connectivity index (χ2n) is 14.2. The van der Waals surface area contributed by atoms with E-state index in [1.54, 1.807) is 6.20 Å². The Bertz CT molecular complexity index is 1260. The molecule has 3 aliphatic carbocycles. The summed E-state index contributed by atoms with van der Waals surface area (Å²) in [5.74, 6) is 2.30. The van der Waals surface area contributed by atoms with Gasteiger partial charge in [-0.05, 0) is 104 Å². The average Bonchev–Trinajstić information content (AvgIpc) is 3.53. The first kappa shape index (κ1) is 33.1. The van der Waals surface area contributed by atoms with Gasteiger partial charge in [0.1, 0.15) is 5.75 Å². The third-order valence-corrected chi connectivity index (χ3v) is 11.9. The molecule has 2 N–H and O–H groups in total. The molecule has 7 heteroatoms. The number of aliphatic hydroxyl groups excluding tert-OH is 1. The Balaban J connectivity index is 1.13. The lowest BCUT2D eigenvalue weighted by atomic mass is 9.53. The van der Waals surface area contributed by atoms with Crippen molar-refractivity contribution in [3.05, 3.63) is 40.4 Å². The van der Waals surface area contributed by atoms with Crippen molar-refractivity contribution in [3.63, 3.8) is 0 Å². The van der Waals surface area contributed by atoms with E-state index in [0.29, 0.717) is 47.4 Å². The number of unbranched alkanes of at least 4 members (excludes halogenated alkanes) is 8. The number of rotatable bonds is 15. The molecule has 242 valence electrons. The van der Waals surface area contributed by atoms with E-state index in [0.717, 1.165) is 56.2 Å². The second-order valence-corrected chi connectivity index (χ2v) is 15.4. The molecule has 3 aliphatic rings. The van der Waals surface area contributed by atoms with Crippen LogP contribution in [0.2, 0.25) is 0 Å². The van der Waals surface area contributed by atoms with Crippen LogP contribution >= 0.6 is 11.3 Å². The van der Waals surface area contributed by atoms with E-state index in [4.69, 9.17) is 4.74 Å². The van der Waals surface area contributed by atoms with E-state index >= 15 is 0 Å². The van der Waals surface area contributed by atoms with E-state index in [1.807, 2.05) is 13.0 Å². The minimum absolute atomic E-state index is 0.0173. The molecule has 1 amide bonds. The number of nitrogens with one attached hydrogen (secondary N) is 1. The van der Waals surface area contributed by atoms with Gasteiger partial charge in [-0.2, -0.15) is 0 Å². The summed E-state index contributed by atoms with van der Waals surface area (Å²) in [5.41, 5.74) is 2.63. The van der Waals surface area contributed by atoms with Crippen LogP contribution in [0.5, 0.6) is 5.75 Å². The van der Waals surface area contributed by atoms with Crippen molar-refractivity contribution in [3.8, 4) is 5.75 Å². The molecule has 1 aromatic carbocycles. The Morgan fingerprint density at radius 3 is 2.55 bits per heavy atom. The van der Waals surface area contributed by atoms with Crippen LogP contribution in [0.1, 0.15) is 139 Å². The number of carbonyl (C=O) groups is 2. The number of nitrogens with zero attached hydrogens (tertiary/aromatic N) is 1. The number of amides is 1. The summed E-state index contributed by atoms with van der Waals surface area (Å²) in [6.07, 6.45) is 19.3. The van der Waals surface area contributed by atoms with Crippen LogP contribution < -0.4 is 10.1 Å². The molecule has 1 heterocycles. The highest BCUT2D eigenvalue weighted by Gasteiger charge is 2.58. The van der Waals surface area contributed by atoms with Crippen molar-refractivity contribution >= 4 is 28.3 Å². The first-order valence-electron chi connectivity index (χ1n) is 17.5. The molecule has 0 bridgehead atoms. The predicted octanol–water partition coefficient (Wildman–Crippen LogP) is 9.14. The summed E-state index contributed by atoms with van der Waals surface area (Å²) < 4.78 is 5.79. The first-order valence-corrected chi connectivity index (χ1v) is 18.3. The minimum Gasteiger partial charge on any atom is -0.427 e. The highest BCUT2D eigenvalue weighted by molar-refractivity contribution is 7.15. The van der Waals surface area contributed by atoms with Gasteiger partial charge in [-0.15, -0.1) is 11.3 Å². The third-order valence-electron chi connectivity index (χ3n) is 11.1. The fourth-order valence-electron chi connectivity index (χ4n) is 8.85. The SMILES string of the molecule is CCCCCCCCCCCC(=O)Oc1ccc2c(c1)CCC1C2CC[C@@]2(C)C1[C@H](CCC(=O)Nc1ncc(C)s1)C[C@@H]2O. The molecule has 2 fully saturated rings. The molecule has 2 aromatic rings. The van der Waals surface area contributed by atoms with Crippen LogP contribution in [0.4, 0.5) is 5.13 Å². The van der Waals surface area contributed by atoms with Crippen molar-refractivity contribution < 1.29 is 19.4 Å². The second kappa shape index (κ2) is 15.4. The van der Waals surface area contributed by atoms with Crippen molar-refractivity contribution in [1.29, 1.82) is 0 Å². The summed E-state index contributed by atoms with van der Waals surface area (Å²) in [6.45, 7) is 6.53. The predicted molar refractivity (Wildman–Crippen MR) is 178 cm³/mol. The Morgan fingerprint density at radius 1 is 1.07 bits per heavy atom. The Kier molecular flexibility index (Phi) is 11.6. The zero-order valence-corrected chi connectivity index (χ0v) is 28.1. The number of hydrogen-bond acceptors (Lipinski definition) is 6. The maximum absolute atomic E-state index is 12.8. The summed E-state index contributed by atoms with van der Waals surface area (Å²) in [4.78, 5) is 30.7. The van der Waals surface area contributed by atoms with Crippen molar-refractivity contribution in [2.24, 2.45) is 23.2 Å². The topological polar surface area (TPSA) is 88.5 Å². The largest absolute Gasteiger partial charge is 0.427 e. The smallest absolute Gasteiger partial charge is 0.311 e. The van der Waals surface area contributed by atoms with Crippen molar-refractivity contribution in [2.75, 3.05) is 5.32 Å². The molecule has 1 aromatic heterocycles. The number of anilines is 1. The van der Waals surface area contributed by atoms with Crippen molar-refractivity contribution in [2.45, 2.75) is 142 Å². The van der Waals surface area contributed by atoms with E-state index in [1.165, 1.54) is 67.4 Å². The molecule has 44 heavy (non-hydrogen) atoms. The summed E-state index contributed by atoms with van der Waals surface area (Å²) in [5, 5.41) is 14.9. The average molecular weight is 623 g/mol. The molecule has 2 saturated carbocycles. The van der Waals surface area contributed by atoms with Crippen molar-refractivity contribution in [1.82, 2.24) is 4.98 Å². The molecule has 5 rings (SSSR count). The lowest BCUT2D eigenvalue weighted by molar-refractivity contribution is -0.134. The minimum atomic E-state index is -0.308. The highest BCUT2D eigenvalue weighted by Crippen LogP contribution is 2.63. The number of hydrogen-bond donors (Lipinski definition) is 2. The maximum atomic E-state index is 12.8. The molecule has 0 spiro atoms. The van der Waals surface area contributed by atoms with Crippen LogP contribution in [0, 0.1) is 30.1 Å². The Hall–Kier alpha value is -2.25. The van der Waals surface area contributed by atoms with E-state index in [2.05, 4.69) is 36.3 Å². The molecule has 0 radical (unpaired) electrons. The van der Waals surface area contributed by atoms with Gasteiger partial charge in [0.25, 0.3) is 0 Å². The third kappa shape index (κ3) is 7.93. The highest BCUT2D eigenvalue weighted by atomic mass is 32.1. The van der Waals surface area contributed by atoms with Crippen LogP contribution in [0.25, 0.3) is 0 Å². The van der Waals surface area contributed by atoms with Gasteiger partial charge in [-0.1, -0.05) is 71.3 Å². The lowest BCUT2D eigenvalue weighted by Crippen LogP contribution is -2.45. The van der Waals surface area contributed by atoms with E-state index in [-0.39, 0.29) is 23.4 Å². The Labute approximate surface area is 268 Å². The molecular formula is C37H54N2O4S. The number of benzene rings is 1. The number of ether oxygens (including phenoxy) is 1. The van der Waals surface area contributed by atoms with Gasteiger partial charge in [0.2, 0.25) is 5.91 Å². The number of fused-ring (bicyclic) bond motifs is 5. The first-order chi connectivity index (χ1) is 21.3. The lowest BCUT2D eigenvalue weighted by Gasteiger charge is -2.51. The number of thiazole rings is 1. The van der Waals surface area contributed by atoms with Crippen LogP contribution in [0.15, 0.2) is 24.4 Å². The molecule has 0 aliphatic heterocycles. The fourth-order valence-corrected chi connectivity index (χ4v) is 9.53. The van der Waals surface area contributed by atoms with E-state index in [9.17, 15) is 14.7 Å². The van der Waals surface area contributed by atoms with Gasteiger partial charge in [0.15, 0.2) is 5.13 Å². The number of aryl methyl sites for hydroxylation is 2. The summed E-state index contributed by atoms with van der Waals surface area (Å²) >= 11 is 1.50. The summed E-state index contributed by atoms with van der Waals surface area (Å²) in [6, 6.07) is 6.31.